The van der Waals surface area contributed by atoms with Crippen molar-refractivity contribution in [3.05, 3.63) is 70.8 Å². The van der Waals surface area contributed by atoms with Gasteiger partial charge in [0.1, 0.15) is 0 Å². The summed E-state index contributed by atoms with van der Waals surface area (Å²) < 4.78 is 1.28. The highest BCUT2D eigenvalue weighted by Crippen LogP contribution is 2.24. The molecule has 0 saturated carbocycles. The van der Waals surface area contributed by atoms with E-state index in [4.69, 9.17) is 0 Å². The summed E-state index contributed by atoms with van der Waals surface area (Å²) in [6, 6.07) is 18.5. The highest BCUT2D eigenvalue weighted by atomic mass is 32.1. The lowest BCUT2D eigenvalue weighted by atomic mass is 10.2. The molecule has 2 heterocycles. The van der Waals surface area contributed by atoms with Gasteiger partial charge in [-0.1, -0.05) is 64.7 Å². The fourth-order valence-corrected chi connectivity index (χ4v) is 3.69. The number of rotatable bonds is 1. The predicted octanol–water partition coefficient (Wildman–Crippen LogP) is 7.63. The van der Waals surface area contributed by atoms with Crippen molar-refractivity contribution in [1.29, 1.82) is 0 Å². The zero-order chi connectivity index (χ0) is 15.4. The van der Waals surface area contributed by atoms with E-state index in [2.05, 4.69) is 28.2 Å². The molecule has 0 saturated heterocycles. The zero-order valence-electron chi connectivity index (χ0n) is 12.5. The highest BCUT2D eigenvalue weighted by Gasteiger charge is 1.99. The van der Waals surface area contributed by atoms with Crippen LogP contribution >= 0.6 is 22.7 Å². The van der Waals surface area contributed by atoms with Crippen molar-refractivity contribution in [2.75, 3.05) is 0 Å². The summed E-state index contributed by atoms with van der Waals surface area (Å²) in [6.07, 6.45) is 1.93. The van der Waals surface area contributed by atoms with Crippen molar-refractivity contribution in [3.8, 4) is 10.4 Å². The molecule has 0 aliphatic carbocycles. The van der Waals surface area contributed by atoms with E-state index < -0.39 is 0 Å². The van der Waals surface area contributed by atoms with Crippen LogP contribution in [0.1, 0.15) is 32.3 Å². The van der Waals surface area contributed by atoms with Gasteiger partial charge in [-0.3, -0.25) is 0 Å². The Kier molecular flexibility index (Phi) is 9.87. The molecule has 0 N–H and O–H groups in total. The molecule has 4 rings (SSSR count). The third-order valence-corrected chi connectivity index (χ3v) is 4.99. The molecular formula is C21H28N2S2. The normalized spacial score (nSPS) is 9.04. The highest BCUT2D eigenvalue weighted by molar-refractivity contribution is 7.18. The smallest absolute Gasteiger partial charge is 0.0907 e. The minimum atomic E-state index is 0. The quantitative estimate of drug-likeness (QED) is 0.343. The van der Waals surface area contributed by atoms with Gasteiger partial charge in [-0.15, -0.1) is 22.7 Å². The van der Waals surface area contributed by atoms with Gasteiger partial charge in [0, 0.05) is 6.20 Å². The second-order valence-electron chi connectivity index (χ2n) is 4.81. The van der Waals surface area contributed by atoms with E-state index in [0.29, 0.717) is 0 Å². The number of fused-ring (bicyclic) bond motifs is 1. The summed E-state index contributed by atoms with van der Waals surface area (Å²) in [5.74, 6) is 0. The van der Waals surface area contributed by atoms with Gasteiger partial charge >= 0.3 is 0 Å². The van der Waals surface area contributed by atoms with Crippen LogP contribution in [0.25, 0.3) is 20.7 Å². The van der Waals surface area contributed by atoms with Crippen molar-refractivity contribution in [2.45, 2.75) is 36.1 Å². The third kappa shape index (κ3) is 6.07. The third-order valence-electron chi connectivity index (χ3n) is 3.08. The minimum absolute atomic E-state index is 0. The van der Waals surface area contributed by atoms with Gasteiger partial charge in [0.05, 0.1) is 25.1 Å². The monoisotopic (exact) mass is 372 g/mol. The first kappa shape index (κ1) is 23.0. The topological polar surface area (TPSA) is 25.8 Å². The molecule has 0 aliphatic heterocycles. The maximum absolute atomic E-state index is 4.33. The van der Waals surface area contributed by atoms with E-state index >= 15 is 0 Å². The summed E-state index contributed by atoms with van der Waals surface area (Å²) in [5.41, 5.74) is 2.37. The zero-order valence-corrected chi connectivity index (χ0v) is 14.1. The molecule has 25 heavy (non-hydrogen) atoms. The van der Waals surface area contributed by atoms with E-state index in [1.165, 1.54) is 15.1 Å². The summed E-state index contributed by atoms with van der Waals surface area (Å²) in [5, 5.41) is 2.26. The first-order valence-corrected chi connectivity index (χ1v) is 8.66. The van der Waals surface area contributed by atoms with Crippen LogP contribution in [0.15, 0.2) is 60.8 Å². The lowest BCUT2D eigenvalue weighted by Crippen LogP contribution is -1.67. The lowest BCUT2D eigenvalue weighted by molar-refractivity contribution is 1.30. The van der Waals surface area contributed by atoms with Crippen LogP contribution in [-0.2, 0) is 0 Å². The van der Waals surface area contributed by atoms with Crippen molar-refractivity contribution in [2.24, 2.45) is 0 Å². The SMILES string of the molecule is C.C.C.Cc1nc2ccccc2s1.Cc1ncc(-c2ccccc2)s1. The maximum Gasteiger partial charge on any atom is 0.0907 e. The molecule has 2 nitrogen and oxygen atoms in total. The Morgan fingerprint density at radius 2 is 1.36 bits per heavy atom. The molecule has 134 valence electrons. The van der Waals surface area contributed by atoms with Crippen LogP contribution in [-0.4, -0.2) is 9.97 Å². The lowest BCUT2D eigenvalue weighted by Gasteiger charge is -1.92. The Morgan fingerprint density at radius 3 is 1.96 bits per heavy atom. The Labute approximate surface area is 160 Å². The number of para-hydroxylation sites is 1. The van der Waals surface area contributed by atoms with Crippen LogP contribution < -0.4 is 0 Å². The van der Waals surface area contributed by atoms with E-state index in [0.717, 1.165) is 15.5 Å². The fraction of sp³-hybridized carbons (Fsp3) is 0.238. The molecule has 0 bridgehead atoms. The Morgan fingerprint density at radius 1 is 0.720 bits per heavy atom. The van der Waals surface area contributed by atoms with Crippen LogP contribution in [0.5, 0.6) is 0 Å². The molecular weight excluding hydrogens is 344 g/mol. The van der Waals surface area contributed by atoms with Crippen LogP contribution in [0, 0.1) is 13.8 Å². The van der Waals surface area contributed by atoms with E-state index in [9.17, 15) is 0 Å². The second kappa shape index (κ2) is 10.7. The van der Waals surface area contributed by atoms with Crippen molar-refractivity contribution < 1.29 is 0 Å². The first-order valence-electron chi connectivity index (χ1n) is 7.02. The standard InChI is InChI=1S/C10H9NS.C8H7NS.3CH4/c1-8-11-7-10(12-8)9-5-3-2-4-6-9;1-6-9-7-4-2-3-5-8(7)10-6;;;/h2-7H,1H3;2-5H,1H3;3*1H4. The average molecular weight is 373 g/mol. The van der Waals surface area contributed by atoms with Crippen molar-refractivity contribution in [1.82, 2.24) is 9.97 Å². The molecule has 0 spiro atoms. The van der Waals surface area contributed by atoms with Gasteiger partial charge < -0.3 is 0 Å². The Hall–Kier alpha value is -2.04. The van der Waals surface area contributed by atoms with Gasteiger partial charge in [0.15, 0.2) is 0 Å². The minimum Gasteiger partial charge on any atom is -0.249 e. The molecule has 4 heteroatoms. The van der Waals surface area contributed by atoms with Gasteiger partial charge in [-0.25, -0.2) is 9.97 Å². The Balaban J connectivity index is 0.000000416. The number of hydrogen-bond acceptors (Lipinski definition) is 4. The van der Waals surface area contributed by atoms with Gasteiger partial charge in [-0.2, -0.15) is 0 Å². The molecule has 4 aromatic rings. The van der Waals surface area contributed by atoms with Gasteiger partial charge in [0.25, 0.3) is 0 Å². The van der Waals surface area contributed by atoms with Crippen molar-refractivity contribution >= 4 is 32.9 Å². The molecule has 2 aromatic heterocycles. The Bertz CT molecular complexity index is 831. The maximum atomic E-state index is 4.33. The molecule has 0 aliphatic rings. The van der Waals surface area contributed by atoms with E-state index in [1.807, 2.05) is 56.4 Å². The van der Waals surface area contributed by atoms with Crippen LogP contribution in [0.4, 0.5) is 0 Å². The summed E-state index contributed by atoms with van der Waals surface area (Å²) in [7, 11) is 0. The molecule has 0 amide bonds. The number of aromatic nitrogens is 2. The van der Waals surface area contributed by atoms with Crippen LogP contribution in [0.2, 0.25) is 0 Å². The molecule has 0 radical (unpaired) electrons. The van der Waals surface area contributed by atoms with Gasteiger partial charge in [0.2, 0.25) is 0 Å². The van der Waals surface area contributed by atoms with Crippen molar-refractivity contribution in [3.63, 3.8) is 0 Å². The fourth-order valence-electron chi connectivity index (χ4n) is 2.08. The van der Waals surface area contributed by atoms with E-state index in [1.54, 1.807) is 22.7 Å². The number of aryl methyl sites for hydroxylation is 2. The largest absolute Gasteiger partial charge is 0.249 e. The second-order valence-corrected chi connectivity index (χ2v) is 7.28. The molecule has 0 unspecified atom stereocenters. The molecule has 0 fully saturated rings. The first-order chi connectivity index (χ1) is 10.7. The number of benzene rings is 2. The van der Waals surface area contributed by atoms with Gasteiger partial charge in [-0.05, 0) is 31.5 Å². The summed E-state index contributed by atoms with van der Waals surface area (Å²) in [4.78, 5) is 9.79. The number of hydrogen-bond donors (Lipinski definition) is 0. The molecule has 2 aromatic carbocycles. The van der Waals surface area contributed by atoms with E-state index in [-0.39, 0.29) is 22.3 Å². The average Bonchev–Trinajstić information content (AvgIpc) is 3.13. The molecule has 0 atom stereocenters. The summed E-state index contributed by atoms with van der Waals surface area (Å²) in [6.45, 7) is 4.06. The number of nitrogens with zero attached hydrogens (tertiary/aromatic N) is 2. The predicted molar refractivity (Wildman–Crippen MR) is 117 cm³/mol. The van der Waals surface area contributed by atoms with Crippen LogP contribution in [0.3, 0.4) is 0 Å². The summed E-state index contributed by atoms with van der Waals surface area (Å²) >= 11 is 3.47. The number of thiazole rings is 2.